The molecule has 1 N–H and O–H groups in total. The van der Waals surface area contributed by atoms with Gasteiger partial charge in [-0.25, -0.2) is 0 Å². The van der Waals surface area contributed by atoms with Crippen molar-refractivity contribution in [2.24, 2.45) is 0 Å². The van der Waals surface area contributed by atoms with Crippen LogP contribution < -0.4 is 5.32 Å². The number of nitrogens with zero attached hydrogens (tertiary/aromatic N) is 1. The Morgan fingerprint density at radius 2 is 1.80 bits per heavy atom. The zero-order valence-corrected chi connectivity index (χ0v) is 21.3. The molecule has 2 amide bonds. The molecule has 2 atom stereocenters. The van der Waals surface area contributed by atoms with Crippen LogP contribution >= 0.6 is 34.5 Å². The predicted octanol–water partition coefficient (Wildman–Crippen LogP) is 5.61. The first-order valence-electron chi connectivity index (χ1n) is 11.1. The SMILES string of the molecule is COC(=O)CCCNC(=O)C1c2ccccc2C(=O)N(Cc2ccc(Cl)cc2)C1c1ccc(Cl)s1. The number of rotatable bonds is 8. The Morgan fingerprint density at radius 3 is 2.49 bits per heavy atom. The molecular weight excluding hydrogens is 507 g/mol. The summed E-state index contributed by atoms with van der Waals surface area (Å²) < 4.78 is 5.25. The molecule has 0 bridgehead atoms. The molecule has 0 aliphatic carbocycles. The van der Waals surface area contributed by atoms with Crippen molar-refractivity contribution in [1.29, 1.82) is 0 Å². The van der Waals surface area contributed by atoms with E-state index in [4.69, 9.17) is 23.2 Å². The van der Waals surface area contributed by atoms with E-state index >= 15 is 0 Å². The highest BCUT2D eigenvalue weighted by molar-refractivity contribution is 7.16. The Balaban J connectivity index is 1.71. The van der Waals surface area contributed by atoms with Crippen molar-refractivity contribution in [3.8, 4) is 0 Å². The fourth-order valence-corrected chi connectivity index (χ4v) is 5.63. The standard InChI is InChI=1S/C26H24Cl2N2O4S/c1-34-22(31)7-4-14-29-25(32)23-18-5-2-3-6-19(18)26(33)30(15-16-8-10-17(27)11-9-16)24(23)20-12-13-21(28)35-20/h2-3,5-6,8-13,23-24H,4,7,14-15H2,1H3,(H,29,32). The average molecular weight is 531 g/mol. The van der Waals surface area contributed by atoms with Gasteiger partial charge in [0.1, 0.15) is 0 Å². The van der Waals surface area contributed by atoms with Crippen molar-refractivity contribution in [2.45, 2.75) is 31.3 Å². The molecule has 0 fully saturated rings. The quantitative estimate of drug-likeness (QED) is 0.303. The fourth-order valence-electron chi connectivity index (χ4n) is 4.30. The third-order valence-electron chi connectivity index (χ3n) is 5.96. The van der Waals surface area contributed by atoms with Crippen LogP contribution in [0.1, 0.15) is 51.2 Å². The second kappa shape index (κ2) is 11.2. The van der Waals surface area contributed by atoms with E-state index in [9.17, 15) is 14.4 Å². The van der Waals surface area contributed by atoms with Gasteiger partial charge in [-0.1, -0.05) is 53.5 Å². The Labute approximate surface area is 217 Å². The number of ether oxygens (including phenoxy) is 1. The molecule has 0 spiro atoms. The monoisotopic (exact) mass is 530 g/mol. The molecule has 3 aromatic rings. The van der Waals surface area contributed by atoms with Crippen molar-refractivity contribution in [1.82, 2.24) is 10.2 Å². The minimum absolute atomic E-state index is 0.153. The molecule has 6 nitrogen and oxygen atoms in total. The lowest BCUT2D eigenvalue weighted by atomic mass is 9.81. The highest BCUT2D eigenvalue weighted by atomic mass is 35.5. The van der Waals surface area contributed by atoms with Crippen molar-refractivity contribution in [3.05, 3.63) is 91.6 Å². The summed E-state index contributed by atoms with van der Waals surface area (Å²) in [7, 11) is 1.34. The van der Waals surface area contributed by atoms with Gasteiger partial charge in [0.25, 0.3) is 5.91 Å². The summed E-state index contributed by atoms with van der Waals surface area (Å²) in [6.07, 6.45) is 0.666. The lowest BCUT2D eigenvalue weighted by Crippen LogP contribution is -2.47. The summed E-state index contributed by atoms with van der Waals surface area (Å²) in [6.45, 7) is 0.617. The number of carbonyl (C=O) groups is 3. The molecule has 0 radical (unpaired) electrons. The van der Waals surface area contributed by atoms with Crippen LogP contribution in [0.5, 0.6) is 0 Å². The minimum Gasteiger partial charge on any atom is -0.469 e. The van der Waals surface area contributed by atoms with E-state index < -0.39 is 12.0 Å². The van der Waals surface area contributed by atoms with Crippen LogP contribution in [0.25, 0.3) is 0 Å². The first-order chi connectivity index (χ1) is 16.9. The molecule has 9 heteroatoms. The Bertz CT molecular complexity index is 1230. The van der Waals surface area contributed by atoms with Crippen LogP contribution in [0.4, 0.5) is 0 Å². The van der Waals surface area contributed by atoms with Gasteiger partial charge in [0, 0.05) is 35.0 Å². The third kappa shape index (κ3) is 5.69. The lowest BCUT2D eigenvalue weighted by Gasteiger charge is -2.41. The number of thiophene rings is 1. The van der Waals surface area contributed by atoms with E-state index in [1.165, 1.54) is 18.4 Å². The Morgan fingerprint density at radius 1 is 1.06 bits per heavy atom. The van der Waals surface area contributed by atoms with Crippen LogP contribution in [0.3, 0.4) is 0 Å². The number of methoxy groups -OCH3 is 1. The first-order valence-corrected chi connectivity index (χ1v) is 12.7. The highest BCUT2D eigenvalue weighted by Gasteiger charge is 2.44. The number of esters is 1. The fraction of sp³-hybridized carbons (Fsp3) is 0.269. The molecule has 0 saturated carbocycles. The molecule has 4 rings (SSSR count). The summed E-state index contributed by atoms with van der Waals surface area (Å²) >= 11 is 13.7. The molecule has 182 valence electrons. The molecule has 1 aromatic heterocycles. The average Bonchev–Trinajstić information content (AvgIpc) is 3.30. The van der Waals surface area contributed by atoms with Crippen LogP contribution in [0.15, 0.2) is 60.7 Å². The van der Waals surface area contributed by atoms with Gasteiger partial charge in [-0.15, -0.1) is 11.3 Å². The number of carbonyl (C=O) groups excluding carboxylic acids is 3. The summed E-state index contributed by atoms with van der Waals surface area (Å²) in [5.74, 6) is -1.34. The van der Waals surface area contributed by atoms with Crippen LogP contribution in [0, 0.1) is 0 Å². The number of amides is 2. The molecule has 2 aromatic carbocycles. The summed E-state index contributed by atoms with van der Waals surface area (Å²) in [4.78, 5) is 41.3. The van der Waals surface area contributed by atoms with E-state index in [1.54, 1.807) is 35.2 Å². The first kappa shape index (κ1) is 25.2. The number of nitrogens with one attached hydrogen (secondary N) is 1. The molecule has 1 aliphatic rings. The van der Waals surface area contributed by atoms with Crippen molar-refractivity contribution in [2.75, 3.05) is 13.7 Å². The maximum atomic E-state index is 13.7. The smallest absolute Gasteiger partial charge is 0.305 e. The van der Waals surface area contributed by atoms with Gasteiger partial charge in [-0.2, -0.15) is 0 Å². The second-order valence-corrected chi connectivity index (χ2v) is 10.4. The van der Waals surface area contributed by atoms with Gasteiger partial charge in [-0.05, 0) is 47.9 Å². The Kier molecular flexibility index (Phi) is 8.11. The molecule has 35 heavy (non-hydrogen) atoms. The van der Waals surface area contributed by atoms with Gasteiger partial charge in [0.05, 0.1) is 23.4 Å². The zero-order valence-electron chi connectivity index (χ0n) is 19.0. The van der Waals surface area contributed by atoms with Crippen LogP contribution in [-0.2, 0) is 20.9 Å². The number of fused-ring (bicyclic) bond motifs is 1. The van der Waals surface area contributed by atoms with Crippen molar-refractivity contribution in [3.63, 3.8) is 0 Å². The molecule has 2 unspecified atom stereocenters. The molecule has 1 aliphatic heterocycles. The summed E-state index contributed by atoms with van der Waals surface area (Å²) in [6, 6.07) is 17.6. The maximum absolute atomic E-state index is 13.7. The van der Waals surface area contributed by atoms with Crippen molar-refractivity contribution < 1.29 is 19.1 Å². The number of hydrogen-bond donors (Lipinski definition) is 1. The molecule has 2 heterocycles. The summed E-state index contributed by atoms with van der Waals surface area (Å²) in [5.41, 5.74) is 2.06. The van der Waals surface area contributed by atoms with Crippen molar-refractivity contribution >= 4 is 52.3 Å². The maximum Gasteiger partial charge on any atom is 0.305 e. The summed E-state index contributed by atoms with van der Waals surface area (Å²) in [5, 5.41) is 3.56. The van der Waals surface area contributed by atoms with Crippen LogP contribution in [0.2, 0.25) is 9.36 Å². The normalized spacial score (nSPS) is 17.1. The van der Waals surface area contributed by atoms with E-state index in [0.717, 1.165) is 10.4 Å². The number of benzene rings is 2. The Hall–Kier alpha value is -2.87. The predicted molar refractivity (Wildman–Crippen MR) is 137 cm³/mol. The lowest BCUT2D eigenvalue weighted by molar-refractivity contribution is -0.140. The van der Waals surface area contributed by atoms with Crippen LogP contribution in [-0.4, -0.2) is 36.3 Å². The minimum atomic E-state index is -0.649. The molecule has 0 saturated heterocycles. The van der Waals surface area contributed by atoms with Gasteiger partial charge in [-0.3, -0.25) is 14.4 Å². The van der Waals surface area contributed by atoms with Gasteiger partial charge < -0.3 is 15.0 Å². The van der Waals surface area contributed by atoms with E-state index in [1.807, 2.05) is 30.3 Å². The zero-order chi connectivity index (χ0) is 24.9. The second-order valence-electron chi connectivity index (χ2n) is 8.18. The van der Waals surface area contributed by atoms with E-state index in [-0.39, 0.29) is 24.2 Å². The van der Waals surface area contributed by atoms with E-state index in [0.29, 0.717) is 40.0 Å². The van der Waals surface area contributed by atoms with Gasteiger partial charge in [0.2, 0.25) is 5.91 Å². The number of hydrogen-bond acceptors (Lipinski definition) is 5. The van der Waals surface area contributed by atoms with Gasteiger partial charge in [0.15, 0.2) is 0 Å². The van der Waals surface area contributed by atoms with E-state index in [2.05, 4.69) is 10.1 Å². The largest absolute Gasteiger partial charge is 0.469 e. The van der Waals surface area contributed by atoms with Gasteiger partial charge >= 0.3 is 5.97 Å². The molecular formula is C26H24Cl2N2O4S. The highest BCUT2D eigenvalue weighted by Crippen LogP contribution is 2.46. The number of halogens is 2. The topological polar surface area (TPSA) is 75.7 Å². The third-order valence-corrected chi connectivity index (χ3v) is 7.51.